The number of anilines is 1. The van der Waals surface area contributed by atoms with E-state index in [-0.39, 0.29) is 0 Å². The van der Waals surface area contributed by atoms with Crippen LogP contribution in [0.1, 0.15) is 11.1 Å². The summed E-state index contributed by atoms with van der Waals surface area (Å²) in [5.41, 5.74) is 3.70. The zero-order chi connectivity index (χ0) is 8.97. The van der Waals surface area contributed by atoms with Gasteiger partial charge >= 0.3 is 0 Å². The van der Waals surface area contributed by atoms with Gasteiger partial charge in [-0.25, -0.2) is 0 Å². The van der Waals surface area contributed by atoms with Crippen LogP contribution < -0.4 is 5.32 Å². The lowest BCUT2D eigenvalue weighted by Gasteiger charge is -2.03. The van der Waals surface area contributed by atoms with E-state index >= 15 is 0 Å². The Kier molecular flexibility index (Phi) is 2.86. The molecule has 0 radical (unpaired) electrons. The lowest BCUT2D eigenvalue weighted by atomic mass is 10.1. The molecule has 0 saturated heterocycles. The summed E-state index contributed by atoms with van der Waals surface area (Å²) >= 11 is 0. The van der Waals surface area contributed by atoms with Crippen LogP contribution in [-0.4, -0.2) is 13.4 Å². The number of nitrogens with one attached hydrogen (secondary N) is 1. The molecule has 0 aliphatic rings. The molecule has 0 saturated carbocycles. The van der Waals surface area contributed by atoms with Crippen LogP contribution in [0.4, 0.5) is 5.69 Å². The van der Waals surface area contributed by atoms with Gasteiger partial charge in [0.15, 0.2) is 0 Å². The lowest BCUT2D eigenvalue weighted by Crippen LogP contribution is -1.94. The van der Waals surface area contributed by atoms with E-state index in [9.17, 15) is 0 Å². The van der Waals surface area contributed by atoms with Crippen LogP contribution in [0.3, 0.4) is 0 Å². The molecule has 2 heteroatoms. The maximum atomic E-state index is 3.85. The van der Waals surface area contributed by atoms with E-state index in [4.69, 9.17) is 0 Å². The van der Waals surface area contributed by atoms with Gasteiger partial charge in [-0.2, -0.15) is 0 Å². The topological polar surface area (TPSA) is 24.4 Å². The van der Waals surface area contributed by atoms with Crippen LogP contribution >= 0.6 is 0 Å². The van der Waals surface area contributed by atoms with Crippen molar-refractivity contribution in [1.82, 2.24) is 0 Å². The Balaban J connectivity index is 2.82. The number of hydrogen-bond acceptors (Lipinski definition) is 1. The molecule has 64 valence electrons. The van der Waals surface area contributed by atoms with Gasteiger partial charge in [0.05, 0.1) is 6.34 Å². The van der Waals surface area contributed by atoms with Gasteiger partial charge in [-0.3, -0.25) is 4.99 Å². The maximum absolute atomic E-state index is 3.85. The fraction of sp³-hybridized carbons (Fsp3) is 0.300. The van der Waals surface area contributed by atoms with Gasteiger partial charge in [0.25, 0.3) is 0 Å². The molecule has 0 atom stereocenters. The second-order valence-corrected chi connectivity index (χ2v) is 2.83. The van der Waals surface area contributed by atoms with Crippen molar-refractivity contribution in [3.63, 3.8) is 0 Å². The summed E-state index contributed by atoms with van der Waals surface area (Å²) in [7, 11) is 1.74. The summed E-state index contributed by atoms with van der Waals surface area (Å²) in [6.45, 7) is 4.20. The van der Waals surface area contributed by atoms with Gasteiger partial charge in [-0.05, 0) is 37.1 Å². The third-order valence-corrected chi connectivity index (χ3v) is 1.87. The van der Waals surface area contributed by atoms with E-state index in [0.717, 1.165) is 5.69 Å². The van der Waals surface area contributed by atoms with Crippen molar-refractivity contribution in [3.8, 4) is 0 Å². The standard InChI is InChI=1S/C10H14N2/c1-8-4-5-10(6-9(8)2)12-7-11-3/h4-7H,1-3H3,(H,11,12). The minimum Gasteiger partial charge on any atom is -0.347 e. The normalized spacial score (nSPS) is 10.6. The van der Waals surface area contributed by atoms with E-state index in [1.54, 1.807) is 13.4 Å². The Hall–Kier alpha value is -1.31. The molecular weight excluding hydrogens is 148 g/mol. The van der Waals surface area contributed by atoms with Gasteiger partial charge in [0.1, 0.15) is 0 Å². The van der Waals surface area contributed by atoms with Crippen LogP contribution in [-0.2, 0) is 0 Å². The lowest BCUT2D eigenvalue weighted by molar-refractivity contribution is 1.34. The van der Waals surface area contributed by atoms with Crippen molar-refractivity contribution in [2.24, 2.45) is 4.99 Å². The zero-order valence-corrected chi connectivity index (χ0v) is 7.76. The van der Waals surface area contributed by atoms with E-state index in [0.29, 0.717) is 0 Å². The predicted molar refractivity (Wildman–Crippen MR) is 54.0 cm³/mol. The molecule has 0 amide bonds. The summed E-state index contributed by atoms with van der Waals surface area (Å²) in [5, 5.41) is 3.07. The van der Waals surface area contributed by atoms with Gasteiger partial charge in [0, 0.05) is 12.7 Å². The first-order valence-electron chi connectivity index (χ1n) is 3.98. The van der Waals surface area contributed by atoms with E-state index in [2.05, 4.69) is 36.3 Å². The fourth-order valence-electron chi connectivity index (χ4n) is 0.970. The fourth-order valence-corrected chi connectivity index (χ4v) is 0.970. The van der Waals surface area contributed by atoms with Crippen molar-refractivity contribution in [3.05, 3.63) is 29.3 Å². The molecule has 12 heavy (non-hydrogen) atoms. The highest BCUT2D eigenvalue weighted by atomic mass is 14.9. The molecule has 0 aliphatic carbocycles. The number of hydrogen-bond donors (Lipinski definition) is 1. The van der Waals surface area contributed by atoms with Crippen molar-refractivity contribution in [2.75, 3.05) is 12.4 Å². The summed E-state index contributed by atoms with van der Waals surface area (Å²) in [6, 6.07) is 6.25. The minimum atomic E-state index is 1.09. The maximum Gasteiger partial charge on any atom is 0.0864 e. The van der Waals surface area contributed by atoms with E-state index in [1.807, 2.05) is 6.07 Å². The summed E-state index contributed by atoms with van der Waals surface area (Å²) in [5.74, 6) is 0. The Labute approximate surface area is 73.3 Å². The van der Waals surface area contributed by atoms with Gasteiger partial charge < -0.3 is 5.32 Å². The molecule has 0 fully saturated rings. The van der Waals surface area contributed by atoms with Crippen molar-refractivity contribution in [2.45, 2.75) is 13.8 Å². The largest absolute Gasteiger partial charge is 0.347 e. The number of aryl methyl sites for hydroxylation is 2. The summed E-state index contributed by atoms with van der Waals surface area (Å²) in [6.07, 6.45) is 1.68. The Bertz CT molecular complexity index is 290. The minimum absolute atomic E-state index is 1.09. The van der Waals surface area contributed by atoms with Crippen LogP contribution in [0, 0.1) is 13.8 Å². The molecule has 0 spiro atoms. The molecule has 0 aliphatic heterocycles. The first-order valence-corrected chi connectivity index (χ1v) is 3.98. The van der Waals surface area contributed by atoms with Crippen molar-refractivity contribution >= 4 is 12.0 Å². The number of nitrogens with zero attached hydrogens (tertiary/aromatic N) is 1. The molecule has 0 heterocycles. The van der Waals surface area contributed by atoms with E-state index < -0.39 is 0 Å². The molecule has 1 N–H and O–H groups in total. The van der Waals surface area contributed by atoms with Crippen molar-refractivity contribution in [1.29, 1.82) is 0 Å². The van der Waals surface area contributed by atoms with Crippen molar-refractivity contribution < 1.29 is 0 Å². The van der Waals surface area contributed by atoms with Gasteiger partial charge in [0.2, 0.25) is 0 Å². The monoisotopic (exact) mass is 162 g/mol. The van der Waals surface area contributed by atoms with Gasteiger partial charge in [-0.15, -0.1) is 0 Å². The van der Waals surface area contributed by atoms with Crippen LogP contribution in [0.25, 0.3) is 0 Å². The predicted octanol–water partition coefficient (Wildman–Crippen LogP) is 2.37. The SMILES string of the molecule is CN=CNc1ccc(C)c(C)c1. The second-order valence-electron chi connectivity index (χ2n) is 2.83. The Morgan fingerprint density at radius 3 is 2.58 bits per heavy atom. The highest BCUT2D eigenvalue weighted by Gasteiger charge is 1.92. The van der Waals surface area contributed by atoms with Crippen LogP contribution in [0.15, 0.2) is 23.2 Å². The molecule has 1 aromatic rings. The number of aliphatic imine (C=N–C) groups is 1. The zero-order valence-electron chi connectivity index (χ0n) is 7.76. The summed E-state index contributed by atoms with van der Waals surface area (Å²) < 4.78 is 0. The number of benzene rings is 1. The quantitative estimate of drug-likeness (QED) is 0.524. The first kappa shape index (κ1) is 8.78. The molecular formula is C10H14N2. The molecule has 0 bridgehead atoms. The van der Waals surface area contributed by atoms with Crippen LogP contribution in [0.5, 0.6) is 0 Å². The smallest absolute Gasteiger partial charge is 0.0864 e. The second kappa shape index (κ2) is 3.90. The average Bonchev–Trinajstić information content (AvgIpc) is 2.07. The van der Waals surface area contributed by atoms with Crippen LogP contribution in [0.2, 0.25) is 0 Å². The highest BCUT2D eigenvalue weighted by Crippen LogP contribution is 2.12. The Morgan fingerprint density at radius 1 is 1.25 bits per heavy atom. The third-order valence-electron chi connectivity index (χ3n) is 1.87. The van der Waals surface area contributed by atoms with E-state index in [1.165, 1.54) is 11.1 Å². The molecule has 0 aromatic heterocycles. The highest BCUT2D eigenvalue weighted by molar-refractivity contribution is 5.75. The molecule has 2 nitrogen and oxygen atoms in total. The summed E-state index contributed by atoms with van der Waals surface area (Å²) in [4.78, 5) is 3.85. The third kappa shape index (κ3) is 2.09. The molecule has 1 aromatic carbocycles. The number of rotatable bonds is 2. The Morgan fingerprint density at radius 2 is 2.00 bits per heavy atom. The average molecular weight is 162 g/mol. The molecule has 0 unspecified atom stereocenters. The molecule has 1 rings (SSSR count). The van der Waals surface area contributed by atoms with Gasteiger partial charge in [-0.1, -0.05) is 6.07 Å². The first-order chi connectivity index (χ1) is 5.74.